The maximum absolute atomic E-state index is 12.3. The Bertz CT molecular complexity index is 432. The summed E-state index contributed by atoms with van der Waals surface area (Å²) in [5, 5.41) is 12.2. The first-order valence-electron chi connectivity index (χ1n) is 7.23. The van der Waals surface area contributed by atoms with Crippen LogP contribution in [-0.2, 0) is 4.79 Å². The van der Waals surface area contributed by atoms with Crippen LogP contribution in [0.1, 0.15) is 39.5 Å². The van der Waals surface area contributed by atoms with Crippen LogP contribution in [0, 0.1) is 0 Å². The van der Waals surface area contributed by atoms with Gasteiger partial charge in [0.15, 0.2) is 4.34 Å². The summed E-state index contributed by atoms with van der Waals surface area (Å²) in [5.74, 6) is 0.230. The maximum atomic E-state index is 12.3. The summed E-state index contributed by atoms with van der Waals surface area (Å²) < 4.78 is 0.862. The Morgan fingerprint density at radius 2 is 2.15 bits per heavy atom. The lowest BCUT2D eigenvalue weighted by Crippen LogP contribution is -2.40. The van der Waals surface area contributed by atoms with Crippen LogP contribution in [-0.4, -0.2) is 45.9 Å². The van der Waals surface area contributed by atoms with Crippen LogP contribution in [0.3, 0.4) is 0 Å². The molecule has 0 aliphatic carbocycles. The second-order valence-electron chi connectivity index (χ2n) is 4.95. The molecule has 7 heteroatoms. The van der Waals surface area contributed by atoms with E-state index in [0.717, 1.165) is 48.4 Å². The van der Waals surface area contributed by atoms with Gasteiger partial charge in [0.05, 0.1) is 5.25 Å². The topological polar surface area (TPSA) is 58.1 Å². The van der Waals surface area contributed by atoms with Crippen LogP contribution in [0.4, 0.5) is 5.13 Å². The Balaban J connectivity index is 1.85. The van der Waals surface area contributed by atoms with Crippen molar-refractivity contribution in [2.24, 2.45) is 0 Å². The number of hydrogen-bond acceptors (Lipinski definition) is 6. The largest absolute Gasteiger partial charge is 0.360 e. The lowest BCUT2D eigenvalue weighted by atomic mass is 10.1. The standard InChI is InChI=1S/C13H22N4OS2/c1-3-7-14-12-15-16-13(20-12)19-10(2)11(18)17-8-5-4-6-9-17/h10H,3-9H2,1-2H3,(H,14,15). The number of likely N-dealkylation sites (tertiary alicyclic amines) is 1. The molecule has 0 aromatic carbocycles. The van der Waals surface area contributed by atoms with Gasteiger partial charge in [-0.3, -0.25) is 4.79 Å². The quantitative estimate of drug-likeness (QED) is 0.818. The van der Waals surface area contributed by atoms with Crippen molar-refractivity contribution in [1.82, 2.24) is 15.1 Å². The first-order valence-corrected chi connectivity index (χ1v) is 8.93. The average Bonchev–Trinajstić information content (AvgIpc) is 2.92. The summed E-state index contributed by atoms with van der Waals surface area (Å²) in [4.78, 5) is 14.3. The molecule has 0 radical (unpaired) electrons. The van der Waals surface area contributed by atoms with Crippen LogP contribution in [0.15, 0.2) is 4.34 Å². The molecular formula is C13H22N4OS2. The maximum Gasteiger partial charge on any atom is 0.235 e. The molecule has 1 aromatic rings. The molecule has 2 rings (SSSR count). The number of hydrogen-bond donors (Lipinski definition) is 1. The van der Waals surface area contributed by atoms with E-state index in [2.05, 4.69) is 22.4 Å². The molecule has 1 unspecified atom stereocenters. The van der Waals surface area contributed by atoms with Gasteiger partial charge < -0.3 is 10.2 Å². The summed E-state index contributed by atoms with van der Waals surface area (Å²) in [7, 11) is 0. The Morgan fingerprint density at radius 3 is 2.85 bits per heavy atom. The molecule has 1 fully saturated rings. The highest BCUT2D eigenvalue weighted by molar-refractivity contribution is 8.02. The van der Waals surface area contributed by atoms with Crippen molar-refractivity contribution >= 4 is 34.1 Å². The van der Waals surface area contributed by atoms with Gasteiger partial charge in [0.1, 0.15) is 0 Å². The summed E-state index contributed by atoms with van der Waals surface area (Å²) in [5.41, 5.74) is 0. The molecule has 2 heterocycles. The molecule has 112 valence electrons. The number of anilines is 1. The predicted molar refractivity (Wildman–Crippen MR) is 84.4 cm³/mol. The van der Waals surface area contributed by atoms with Crippen molar-refractivity contribution in [3.05, 3.63) is 0 Å². The van der Waals surface area contributed by atoms with E-state index >= 15 is 0 Å². The lowest BCUT2D eigenvalue weighted by Gasteiger charge is -2.28. The molecule has 20 heavy (non-hydrogen) atoms. The van der Waals surface area contributed by atoms with E-state index in [1.54, 1.807) is 0 Å². The van der Waals surface area contributed by atoms with Crippen molar-refractivity contribution in [2.75, 3.05) is 25.0 Å². The zero-order valence-electron chi connectivity index (χ0n) is 12.1. The molecule has 0 bridgehead atoms. The van der Waals surface area contributed by atoms with Crippen LogP contribution < -0.4 is 5.32 Å². The third-order valence-electron chi connectivity index (χ3n) is 3.23. The molecule has 1 saturated heterocycles. The molecular weight excluding hydrogens is 292 g/mol. The highest BCUT2D eigenvalue weighted by atomic mass is 32.2. The van der Waals surface area contributed by atoms with Crippen molar-refractivity contribution in [3.63, 3.8) is 0 Å². The normalized spacial score (nSPS) is 17.0. The Kier molecular flexibility index (Phi) is 6.09. The predicted octanol–water partition coefficient (Wildman–Crippen LogP) is 2.85. The van der Waals surface area contributed by atoms with Crippen LogP contribution in [0.25, 0.3) is 0 Å². The van der Waals surface area contributed by atoms with Crippen LogP contribution in [0.2, 0.25) is 0 Å². The third kappa shape index (κ3) is 4.34. The van der Waals surface area contributed by atoms with E-state index in [1.165, 1.54) is 29.5 Å². The monoisotopic (exact) mass is 314 g/mol. The molecule has 1 aliphatic heterocycles. The van der Waals surface area contributed by atoms with Gasteiger partial charge in [-0.2, -0.15) is 0 Å². The fourth-order valence-electron chi connectivity index (χ4n) is 2.13. The summed E-state index contributed by atoms with van der Waals surface area (Å²) in [6, 6.07) is 0. The first kappa shape index (κ1) is 15.6. The van der Waals surface area contributed by atoms with Gasteiger partial charge in [-0.15, -0.1) is 10.2 Å². The lowest BCUT2D eigenvalue weighted by molar-refractivity contribution is -0.131. The van der Waals surface area contributed by atoms with Crippen molar-refractivity contribution < 1.29 is 4.79 Å². The van der Waals surface area contributed by atoms with E-state index in [9.17, 15) is 4.79 Å². The number of thioether (sulfide) groups is 1. The van der Waals surface area contributed by atoms with Gasteiger partial charge in [-0.1, -0.05) is 30.0 Å². The Hall–Kier alpha value is -0.820. The zero-order chi connectivity index (χ0) is 14.4. The van der Waals surface area contributed by atoms with E-state index < -0.39 is 0 Å². The summed E-state index contributed by atoms with van der Waals surface area (Å²) in [6.45, 7) is 6.79. The second kappa shape index (κ2) is 7.83. The number of nitrogens with one attached hydrogen (secondary N) is 1. The number of carbonyl (C=O) groups is 1. The van der Waals surface area contributed by atoms with Crippen LogP contribution in [0.5, 0.6) is 0 Å². The van der Waals surface area contributed by atoms with Gasteiger partial charge in [-0.05, 0) is 32.6 Å². The molecule has 0 spiro atoms. The minimum atomic E-state index is -0.0833. The van der Waals surface area contributed by atoms with E-state index in [-0.39, 0.29) is 11.2 Å². The highest BCUT2D eigenvalue weighted by Crippen LogP contribution is 2.30. The van der Waals surface area contributed by atoms with Crippen molar-refractivity contribution in [1.29, 1.82) is 0 Å². The minimum Gasteiger partial charge on any atom is -0.360 e. The highest BCUT2D eigenvalue weighted by Gasteiger charge is 2.24. The zero-order valence-corrected chi connectivity index (χ0v) is 13.7. The van der Waals surface area contributed by atoms with E-state index in [0.29, 0.717) is 0 Å². The smallest absolute Gasteiger partial charge is 0.235 e. The van der Waals surface area contributed by atoms with Gasteiger partial charge >= 0.3 is 0 Å². The molecule has 0 saturated carbocycles. The number of nitrogens with zero attached hydrogens (tertiary/aromatic N) is 3. The van der Waals surface area contributed by atoms with E-state index in [1.807, 2.05) is 11.8 Å². The number of amides is 1. The van der Waals surface area contributed by atoms with Gasteiger partial charge in [-0.25, -0.2) is 0 Å². The number of piperidine rings is 1. The van der Waals surface area contributed by atoms with Gasteiger partial charge in [0.25, 0.3) is 0 Å². The summed E-state index contributed by atoms with van der Waals surface area (Å²) >= 11 is 3.04. The van der Waals surface area contributed by atoms with Gasteiger partial charge in [0.2, 0.25) is 11.0 Å². The van der Waals surface area contributed by atoms with Crippen LogP contribution >= 0.6 is 23.1 Å². The number of carbonyl (C=O) groups excluding carboxylic acids is 1. The SMILES string of the molecule is CCCNc1nnc(SC(C)C(=O)N2CCCCC2)s1. The first-order chi connectivity index (χ1) is 9.70. The number of aromatic nitrogens is 2. The Labute approximate surface area is 128 Å². The molecule has 5 nitrogen and oxygen atoms in total. The van der Waals surface area contributed by atoms with Crippen molar-refractivity contribution in [3.8, 4) is 0 Å². The van der Waals surface area contributed by atoms with E-state index in [4.69, 9.17) is 0 Å². The fraction of sp³-hybridized carbons (Fsp3) is 0.769. The molecule has 1 aromatic heterocycles. The molecule has 1 aliphatic rings. The minimum absolute atomic E-state index is 0.0833. The average molecular weight is 314 g/mol. The van der Waals surface area contributed by atoms with Gasteiger partial charge in [0, 0.05) is 19.6 Å². The second-order valence-corrected chi connectivity index (χ2v) is 7.51. The fourth-order valence-corrected chi connectivity index (χ4v) is 4.14. The molecule has 1 amide bonds. The summed E-state index contributed by atoms with van der Waals surface area (Å²) in [6.07, 6.45) is 4.57. The number of rotatable bonds is 6. The van der Waals surface area contributed by atoms with Crippen molar-refractivity contribution in [2.45, 2.75) is 49.1 Å². The molecule has 1 N–H and O–H groups in total. The third-order valence-corrected chi connectivity index (χ3v) is 5.28. The molecule has 1 atom stereocenters. The Morgan fingerprint density at radius 1 is 1.40 bits per heavy atom.